The summed E-state index contributed by atoms with van der Waals surface area (Å²) < 4.78 is 2.45. The average molecular weight is 792 g/mol. The van der Waals surface area contributed by atoms with Gasteiger partial charge >= 0.3 is 0 Å². The molecule has 2 heterocycles. The number of hydrogen-bond donors (Lipinski definition) is 0. The molecule has 0 aliphatic carbocycles. The summed E-state index contributed by atoms with van der Waals surface area (Å²) in [6.45, 7) is 0. The summed E-state index contributed by atoms with van der Waals surface area (Å²) in [5, 5.41) is 16.5. The number of rotatable bonds is 4. The van der Waals surface area contributed by atoms with Crippen molar-refractivity contribution in [3.8, 4) is 45.3 Å². The van der Waals surface area contributed by atoms with Gasteiger partial charge in [0.15, 0.2) is 17.5 Å². The van der Waals surface area contributed by atoms with E-state index in [0.717, 1.165) is 43.6 Å². The zero-order valence-electron chi connectivity index (χ0n) is 32.8. The molecule has 0 fully saturated rings. The highest BCUT2D eigenvalue weighted by Crippen LogP contribution is 2.49. The van der Waals surface area contributed by atoms with Crippen molar-refractivity contribution < 1.29 is 0 Å². The molecule has 0 saturated heterocycles. The second-order valence-electron chi connectivity index (χ2n) is 15.8. The van der Waals surface area contributed by atoms with Crippen LogP contribution < -0.4 is 0 Å². The van der Waals surface area contributed by atoms with E-state index in [1.54, 1.807) is 0 Å². The maximum absolute atomic E-state index is 5.65. The van der Waals surface area contributed by atoms with Crippen LogP contribution in [0.1, 0.15) is 0 Å². The van der Waals surface area contributed by atoms with E-state index >= 15 is 0 Å². The van der Waals surface area contributed by atoms with Crippen molar-refractivity contribution in [3.63, 3.8) is 0 Å². The highest BCUT2D eigenvalue weighted by atomic mass is 32.1. The van der Waals surface area contributed by atoms with Crippen LogP contribution in [-0.2, 0) is 0 Å². The highest BCUT2D eigenvalue weighted by molar-refractivity contribution is 7.26. The summed E-state index contributed by atoms with van der Waals surface area (Å²) in [5.41, 5.74) is 5.32. The van der Waals surface area contributed by atoms with E-state index in [2.05, 4.69) is 200 Å². The fraction of sp³-hybridized carbons (Fsp3) is 0. The van der Waals surface area contributed by atoms with E-state index in [1.807, 2.05) is 11.3 Å². The van der Waals surface area contributed by atoms with Gasteiger partial charge in [0, 0.05) is 42.2 Å². The Morgan fingerprint density at radius 1 is 0.279 bits per heavy atom. The van der Waals surface area contributed by atoms with Gasteiger partial charge in [-0.05, 0) is 94.6 Å². The van der Waals surface area contributed by atoms with Gasteiger partial charge in [0.25, 0.3) is 0 Å². The Morgan fingerprint density at radius 3 is 1.52 bits per heavy atom. The minimum atomic E-state index is 0.643. The fourth-order valence-corrected chi connectivity index (χ4v) is 10.9. The summed E-state index contributed by atoms with van der Waals surface area (Å²) in [6, 6.07) is 72.1. The molecular weight excluding hydrogens is 759 g/mol. The van der Waals surface area contributed by atoms with Crippen molar-refractivity contribution in [1.29, 1.82) is 0 Å². The lowest BCUT2D eigenvalue weighted by Gasteiger charge is -2.17. The normalized spacial score (nSPS) is 11.9. The lowest BCUT2D eigenvalue weighted by Crippen LogP contribution is -2.02. The lowest BCUT2D eigenvalue weighted by molar-refractivity contribution is 1.08. The Balaban J connectivity index is 1.22. The van der Waals surface area contributed by atoms with Crippen molar-refractivity contribution in [1.82, 2.24) is 15.0 Å². The monoisotopic (exact) mass is 791 g/mol. The number of benzene rings is 11. The van der Waals surface area contributed by atoms with E-state index in [9.17, 15) is 0 Å². The molecule has 11 aromatic carbocycles. The summed E-state index contributed by atoms with van der Waals surface area (Å²) in [4.78, 5) is 16.7. The molecule has 0 radical (unpaired) electrons. The van der Waals surface area contributed by atoms with Crippen molar-refractivity contribution in [2.45, 2.75) is 0 Å². The first-order valence-corrected chi connectivity index (χ1v) is 21.5. The van der Waals surface area contributed by atoms with Crippen LogP contribution in [0.25, 0.3) is 130 Å². The zero-order chi connectivity index (χ0) is 40.0. The van der Waals surface area contributed by atoms with E-state index in [1.165, 1.54) is 69.0 Å². The Morgan fingerprint density at radius 2 is 0.787 bits per heavy atom. The maximum Gasteiger partial charge on any atom is 0.165 e. The molecule has 0 aliphatic rings. The molecule has 61 heavy (non-hydrogen) atoms. The van der Waals surface area contributed by atoms with Crippen LogP contribution in [0.15, 0.2) is 200 Å². The van der Waals surface area contributed by atoms with Gasteiger partial charge in [-0.2, -0.15) is 0 Å². The van der Waals surface area contributed by atoms with Gasteiger partial charge in [0.2, 0.25) is 0 Å². The topological polar surface area (TPSA) is 38.7 Å². The van der Waals surface area contributed by atoms with Gasteiger partial charge in [-0.15, -0.1) is 11.3 Å². The van der Waals surface area contributed by atoms with Gasteiger partial charge in [-0.3, -0.25) is 0 Å². The Bertz CT molecular complexity index is 3940. The molecule has 0 bridgehead atoms. The van der Waals surface area contributed by atoms with Gasteiger partial charge in [-0.1, -0.05) is 176 Å². The van der Waals surface area contributed by atoms with Crippen LogP contribution in [0.5, 0.6) is 0 Å². The number of aromatic nitrogens is 3. The van der Waals surface area contributed by atoms with Crippen LogP contribution >= 0.6 is 11.3 Å². The third-order valence-electron chi connectivity index (χ3n) is 12.5. The Kier molecular flexibility index (Phi) is 7.47. The van der Waals surface area contributed by atoms with Crippen LogP contribution in [0, 0.1) is 0 Å². The minimum absolute atomic E-state index is 0.643. The molecular formula is C57H33N3S. The first kappa shape index (κ1) is 34.1. The molecule has 4 heteroatoms. The molecule has 0 amide bonds. The fourth-order valence-electron chi connectivity index (χ4n) is 9.74. The number of hydrogen-bond acceptors (Lipinski definition) is 4. The van der Waals surface area contributed by atoms with Gasteiger partial charge < -0.3 is 0 Å². The van der Waals surface area contributed by atoms with Crippen molar-refractivity contribution in [2.24, 2.45) is 0 Å². The smallest absolute Gasteiger partial charge is 0.165 e. The zero-order valence-corrected chi connectivity index (χ0v) is 33.6. The molecule has 282 valence electrons. The molecule has 0 spiro atoms. The van der Waals surface area contributed by atoms with Crippen LogP contribution in [-0.4, -0.2) is 15.0 Å². The molecule has 3 nitrogen and oxygen atoms in total. The Labute approximate surface area is 354 Å². The van der Waals surface area contributed by atoms with Gasteiger partial charge in [0.1, 0.15) is 0 Å². The number of thiophene rings is 1. The van der Waals surface area contributed by atoms with Crippen LogP contribution in [0.3, 0.4) is 0 Å². The maximum atomic E-state index is 5.65. The van der Waals surface area contributed by atoms with E-state index in [0.29, 0.717) is 17.5 Å². The molecule has 13 aromatic rings. The highest BCUT2D eigenvalue weighted by Gasteiger charge is 2.24. The van der Waals surface area contributed by atoms with Crippen molar-refractivity contribution in [3.05, 3.63) is 200 Å². The third kappa shape index (κ3) is 5.26. The van der Waals surface area contributed by atoms with Gasteiger partial charge in [0.05, 0.1) is 0 Å². The molecule has 0 atom stereocenters. The summed E-state index contributed by atoms with van der Waals surface area (Å²) in [6.07, 6.45) is 0. The average Bonchev–Trinajstić information content (AvgIpc) is 3.69. The summed E-state index contributed by atoms with van der Waals surface area (Å²) in [7, 11) is 0. The molecule has 2 aromatic heterocycles. The second kappa shape index (κ2) is 13.4. The first-order chi connectivity index (χ1) is 30.2. The van der Waals surface area contributed by atoms with Crippen molar-refractivity contribution >= 4 is 96.1 Å². The minimum Gasteiger partial charge on any atom is -0.208 e. The predicted octanol–water partition coefficient (Wildman–Crippen LogP) is 15.8. The van der Waals surface area contributed by atoms with E-state index < -0.39 is 0 Å². The van der Waals surface area contributed by atoms with E-state index in [4.69, 9.17) is 15.0 Å². The number of nitrogens with zero attached hydrogens (tertiary/aromatic N) is 3. The molecule has 13 rings (SSSR count). The second-order valence-corrected chi connectivity index (χ2v) is 16.9. The Hall–Kier alpha value is -7.79. The van der Waals surface area contributed by atoms with E-state index in [-0.39, 0.29) is 0 Å². The lowest BCUT2D eigenvalue weighted by atomic mass is 9.89. The van der Waals surface area contributed by atoms with Crippen LogP contribution in [0.2, 0.25) is 0 Å². The third-order valence-corrected chi connectivity index (χ3v) is 13.6. The molecule has 0 N–H and O–H groups in total. The summed E-state index contributed by atoms with van der Waals surface area (Å²) in [5.74, 6) is 1.95. The standard InChI is InChI=1S/C57H33N3S/c1-2-15-34(16-3-1)39-29-30-47(43-25-10-8-22-40(39)43)56-58-55(46-28-14-20-35-17-6-7-21-38(35)46)59-57(60-56)54-52-45-27-13-12-24-42(45)41-23-9-11-26-44(41)48(52)33-51-53(54)49-31-36-18-4-5-19-37(36)32-50(49)61-51/h1-33H. The molecule has 0 unspecified atom stereocenters. The SMILES string of the molecule is c1ccc(-c2ccc(-c3nc(-c4cccc5ccccc45)nc(-c4c5c(cc6c7ccccc7c7ccccc7c46)sc4cc6ccccc6cc45)n3)c3ccccc23)cc1. The van der Waals surface area contributed by atoms with Gasteiger partial charge in [-0.25, -0.2) is 15.0 Å². The summed E-state index contributed by atoms with van der Waals surface area (Å²) >= 11 is 1.85. The van der Waals surface area contributed by atoms with Crippen LogP contribution in [0.4, 0.5) is 0 Å². The first-order valence-electron chi connectivity index (χ1n) is 20.7. The number of fused-ring (bicyclic) bond motifs is 12. The molecule has 0 saturated carbocycles. The largest absolute Gasteiger partial charge is 0.208 e. The van der Waals surface area contributed by atoms with Crippen molar-refractivity contribution in [2.75, 3.05) is 0 Å². The quantitative estimate of drug-likeness (QED) is 0.167. The predicted molar refractivity (Wildman–Crippen MR) is 259 cm³/mol. The molecule has 0 aliphatic heterocycles.